The second-order valence-corrected chi connectivity index (χ2v) is 4.03. The van der Waals surface area contributed by atoms with Crippen LogP contribution in [-0.2, 0) is 11.1 Å². The van der Waals surface area contributed by atoms with Gasteiger partial charge in [0.15, 0.2) is 0 Å². The minimum atomic E-state index is -2.58. The van der Waals surface area contributed by atoms with Crippen molar-refractivity contribution in [2.45, 2.75) is 4.90 Å². The highest BCUT2D eigenvalue weighted by Gasteiger charge is 2.12. The molecule has 76 valence electrons. The summed E-state index contributed by atoms with van der Waals surface area (Å²) in [6, 6.07) is 1.99. The molecule has 1 unspecified atom stereocenters. The fraction of sp³-hybridized carbons (Fsp3) is 0. The number of hydrogen-bond acceptors (Lipinski definition) is 3. The molecule has 1 N–H and O–H groups in total. The molecular formula is C7H3Cl2O4S-. The quantitative estimate of drug-likeness (QED) is 0.818. The maximum atomic E-state index is 10.6. The van der Waals surface area contributed by atoms with Crippen LogP contribution in [0.2, 0.25) is 10.0 Å². The third-order valence-corrected chi connectivity index (χ3v) is 2.87. The summed E-state index contributed by atoms with van der Waals surface area (Å²) in [4.78, 5) is 10.3. The fourth-order valence-corrected chi connectivity index (χ4v) is 1.91. The van der Waals surface area contributed by atoms with Crippen LogP contribution in [0.1, 0.15) is 10.4 Å². The van der Waals surface area contributed by atoms with Gasteiger partial charge < -0.3 is 9.66 Å². The standard InChI is InChI=1S/C7H4Cl2O4S/c8-4-2-5(9)6(14(12)13)1-3(4)7(10)11/h1-2H,(H,10,11)(H,12,13)/p-1. The molecule has 0 aliphatic heterocycles. The van der Waals surface area contributed by atoms with Crippen molar-refractivity contribution in [1.82, 2.24) is 0 Å². The predicted molar refractivity (Wildman–Crippen MR) is 50.6 cm³/mol. The van der Waals surface area contributed by atoms with E-state index in [9.17, 15) is 13.6 Å². The second-order valence-electron chi connectivity index (χ2n) is 2.30. The minimum Gasteiger partial charge on any atom is -0.768 e. The molecule has 1 aromatic carbocycles. The number of carboxylic acid groups (broad SMARTS) is 1. The highest BCUT2D eigenvalue weighted by atomic mass is 35.5. The molecule has 0 heterocycles. The van der Waals surface area contributed by atoms with E-state index >= 15 is 0 Å². The van der Waals surface area contributed by atoms with Crippen molar-refractivity contribution in [3.8, 4) is 0 Å². The molecule has 0 bridgehead atoms. The Bertz CT molecular complexity index is 383. The van der Waals surface area contributed by atoms with Crippen LogP contribution in [0.4, 0.5) is 0 Å². The number of carboxylic acids is 1. The zero-order valence-electron chi connectivity index (χ0n) is 6.49. The molecule has 0 fully saturated rings. The summed E-state index contributed by atoms with van der Waals surface area (Å²) >= 11 is 8.49. The van der Waals surface area contributed by atoms with Gasteiger partial charge in [-0.1, -0.05) is 23.2 Å². The van der Waals surface area contributed by atoms with Gasteiger partial charge in [-0.25, -0.2) is 4.79 Å². The lowest BCUT2D eigenvalue weighted by Gasteiger charge is -2.09. The van der Waals surface area contributed by atoms with Crippen molar-refractivity contribution >= 4 is 40.3 Å². The van der Waals surface area contributed by atoms with E-state index < -0.39 is 17.0 Å². The van der Waals surface area contributed by atoms with Crippen molar-refractivity contribution < 1.29 is 18.7 Å². The third kappa shape index (κ3) is 2.24. The van der Waals surface area contributed by atoms with Gasteiger partial charge in [0, 0.05) is 4.90 Å². The third-order valence-electron chi connectivity index (χ3n) is 1.43. The van der Waals surface area contributed by atoms with Gasteiger partial charge in [0.1, 0.15) is 0 Å². The highest BCUT2D eigenvalue weighted by molar-refractivity contribution is 7.79. The first-order valence-electron chi connectivity index (χ1n) is 3.25. The zero-order valence-corrected chi connectivity index (χ0v) is 8.82. The molecule has 0 radical (unpaired) electrons. The topological polar surface area (TPSA) is 77.4 Å². The normalized spacial score (nSPS) is 12.5. The number of carbonyl (C=O) groups is 1. The number of halogens is 2. The Morgan fingerprint density at radius 2 is 1.93 bits per heavy atom. The van der Waals surface area contributed by atoms with E-state index in [1.165, 1.54) is 0 Å². The lowest BCUT2D eigenvalue weighted by atomic mass is 10.2. The Labute approximate surface area is 91.7 Å². The average molecular weight is 254 g/mol. The summed E-state index contributed by atoms with van der Waals surface area (Å²) in [7, 11) is 0. The Balaban J connectivity index is 3.42. The first-order valence-corrected chi connectivity index (χ1v) is 5.08. The Kier molecular flexibility index (Phi) is 3.49. The molecule has 0 aliphatic rings. The van der Waals surface area contributed by atoms with Crippen LogP contribution in [-0.4, -0.2) is 19.8 Å². The van der Waals surface area contributed by atoms with Crippen LogP contribution in [0.3, 0.4) is 0 Å². The molecule has 7 heteroatoms. The number of aromatic carboxylic acids is 1. The number of benzene rings is 1. The van der Waals surface area contributed by atoms with Crippen LogP contribution in [0, 0.1) is 0 Å². The molecule has 1 atom stereocenters. The largest absolute Gasteiger partial charge is 0.768 e. The summed E-state index contributed by atoms with van der Waals surface area (Å²) in [5, 5.41) is 8.43. The maximum absolute atomic E-state index is 10.6. The highest BCUT2D eigenvalue weighted by Crippen LogP contribution is 2.27. The van der Waals surface area contributed by atoms with Crippen molar-refractivity contribution in [3.05, 3.63) is 27.7 Å². The number of rotatable bonds is 2. The van der Waals surface area contributed by atoms with E-state index in [0.717, 1.165) is 12.1 Å². The van der Waals surface area contributed by atoms with Crippen LogP contribution >= 0.6 is 23.2 Å². The van der Waals surface area contributed by atoms with Gasteiger partial charge in [0.05, 0.1) is 15.6 Å². The summed E-state index contributed by atoms with van der Waals surface area (Å²) in [5.74, 6) is -1.31. The van der Waals surface area contributed by atoms with Crippen LogP contribution in [0.5, 0.6) is 0 Å². The molecule has 0 saturated heterocycles. The smallest absolute Gasteiger partial charge is 0.337 e. The summed E-state index contributed by atoms with van der Waals surface area (Å²) in [6.07, 6.45) is 0. The molecule has 1 aromatic rings. The van der Waals surface area contributed by atoms with Crippen molar-refractivity contribution in [1.29, 1.82) is 0 Å². The van der Waals surface area contributed by atoms with E-state index in [2.05, 4.69) is 0 Å². The lowest BCUT2D eigenvalue weighted by molar-refractivity contribution is 0.0697. The minimum absolute atomic E-state index is 0.100. The van der Waals surface area contributed by atoms with Gasteiger partial charge in [0.25, 0.3) is 0 Å². The summed E-state index contributed by atoms with van der Waals surface area (Å²) in [5.41, 5.74) is -0.296. The molecule has 0 aromatic heterocycles. The summed E-state index contributed by atoms with van der Waals surface area (Å²) < 4.78 is 21.2. The van der Waals surface area contributed by atoms with Gasteiger partial charge in [-0.3, -0.25) is 4.21 Å². The first-order chi connectivity index (χ1) is 6.43. The van der Waals surface area contributed by atoms with E-state index in [4.69, 9.17) is 28.3 Å². The lowest BCUT2D eigenvalue weighted by Crippen LogP contribution is -2.00. The van der Waals surface area contributed by atoms with Crippen molar-refractivity contribution in [2.24, 2.45) is 0 Å². The molecule has 14 heavy (non-hydrogen) atoms. The molecule has 4 nitrogen and oxygen atoms in total. The van der Waals surface area contributed by atoms with Crippen molar-refractivity contribution in [3.63, 3.8) is 0 Å². The Morgan fingerprint density at radius 3 is 2.36 bits per heavy atom. The fourth-order valence-electron chi connectivity index (χ4n) is 0.821. The van der Waals surface area contributed by atoms with Gasteiger partial charge in [0.2, 0.25) is 0 Å². The van der Waals surface area contributed by atoms with Crippen LogP contribution < -0.4 is 0 Å². The molecular weight excluding hydrogens is 251 g/mol. The van der Waals surface area contributed by atoms with Crippen LogP contribution in [0.25, 0.3) is 0 Å². The van der Waals surface area contributed by atoms with Crippen molar-refractivity contribution in [2.75, 3.05) is 0 Å². The van der Waals surface area contributed by atoms with Gasteiger partial charge in [-0.2, -0.15) is 0 Å². The maximum Gasteiger partial charge on any atom is 0.337 e. The van der Waals surface area contributed by atoms with E-state index in [1.807, 2.05) is 0 Å². The van der Waals surface area contributed by atoms with Crippen LogP contribution in [0.15, 0.2) is 17.0 Å². The molecule has 0 aliphatic carbocycles. The first kappa shape index (κ1) is 11.5. The molecule has 0 spiro atoms. The zero-order chi connectivity index (χ0) is 10.9. The van der Waals surface area contributed by atoms with E-state index in [1.54, 1.807) is 0 Å². The predicted octanol–water partition coefficient (Wildman–Crippen LogP) is 1.93. The van der Waals surface area contributed by atoms with Gasteiger partial charge in [-0.15, -0.1) is 0 Å². The summed E-state index contributed by atoms with van der Waals surface area (Å²) in [6.45, 7) is 0. The van der Waals surface area contributed by atoms with E-state index in [-0.39, 0.29) is 20.5 Å². The SMILES string of the molecule is O=C(O)c1cc(S(=O)[O-])c(Cl)cc1Cl. The second kappa shape index (κ2) is 4.27. The van der Waals surface area contributed by atoms with E-state index in [0.29, 0.717) is 0 Å². The molecule has 0 amide bonds. The monoisotopic (exact) mass is 253 g/mol. The number of hydrogen-bond donors (Lipinski definition) is 1. The molecule has 1 rings (SSSR count). The Morgan fingerprint density at radius 1 is 1.36 bits per heavy atom. The molecule has 0 saturated carbocycles. The van der Waals surface area contributed by atoms with Gasteiger partial charge >= 0.3 is 5.97 Å². The average Bonchev–Trinajstić information content (AvgIpc) is 2.02. The Hall–Kier alpha value is -0.620. The van der Waals surface area contributed by atoms with Gasteiger partial charge in [-0.05, 0) is 23.2 Å².